The summed E-state index contributed by atoms with van der Waals surface area (Å²) in [5.74, 6) is 0.111. The monoisotopic (exact) mass is 447 g/mol. The number of hydrogen-bond donors (Lipinski definition) is 2. The summed E-state index contributed by atoms with van der Waals surface area (Å²) in [7, 11) is 3.35. The number of fused-ring (bicyclic) bond motifs is 2. The number of amides is 3. The smallest absolute Gasteiger partial charge is 0.257 e. The fourth-order valence-corrected chi connectivity index (χ4v) is 4.13. The minimum atomic E-state index is -0.327. The molecular weight excluding hydrogens is 414 g/mol. The molecule has 3 atom stereocenters. The molecule has 1 aromatic rings. The van der Waals surface area contributed by atoms with E-state index in [0.717, 1.165) is 6.42 Å². The molecule has 2 heterocycles. The maximum Gasteiger partial charge on any atom is 0.257 e. The summed E-state index contributed by atoms with van der Waals surface area (Å²) in [4.78, 5) is 39.0. The first-order chi connectivity index (χ1) is 15.4. The zero-order valence-corrected chi connectivity index (χ0v) is 19.0. The Labute approximate surface area is 188 Å². The van der Waals surface area contributed by atoms with Gasteiger partial charge in [0.1, 0.15) is 18.5 Å². The van der Waals surface area contributed by atoms with E-state index in [9.17, 15) is 14.4 Å². The Balaban J connectivity index is 1.67. The van der Waals surface area contributed by atoms with Gasteiger partial charge in [-0.2, -0.15) is 0 Å². The lowest BCUT2D eigenvalue weighted by molar-refractivity contribution is -0.134. The first-order valence-corrected chi connectivity index (χ1v) is 11.2. The Hall–Kier alpha value is -2.65. The van der Waals surface area contributed by atoms with Gasteiger partial charge in [-0.15, -0.1) is 0 Å². The van der Waals surface area contributed by atoms with Crippen LogP contribution < -0.4 is 15.4 Å². The topological polar surface area (TPSA) is 106 Å². The minimum absolute atomic E-state index is 0.0790. The molecule has 176 valence electrons. The summed E-state index contributed by atoms with van der Waals surface area (Å²) in [6.07, 6.45) is 2.29. The van der Waals surface area contributed by atoms with Gasteiger partial charge in [0.25, 0.3) is 5.91 Å². The molecule has 3 amide bonds. The molecule has 9 nitrogen and oxygen atoms in total. The van der Waals surface area contributed by atoms with Crippen LogP contribution in [0, 0.1) is 0 Å². The highest BCUT2D eigenvalue weighted by atomic mass is 16.5. The lowest BCUT2D eigenvalue weighted by Crippen LogP contribution is -2.54. The molecular formula is C23H33N3O6. The third kappa shape index (κ3) is 5.98. The van der Waals surface area contributed by atoms with E-state index in [1.54, 1.807) is 37.3 Å². The van der Waals surface area contributed by atoms with E-state index >= 15 is 0 Å². The van der Waals surface area contributed by atoms with Crippen molar-refractivity contribution in [1.82, 2.24) is 10.2 Å². The Bertz CT molecular complexity index is 830. The van der Waals surface area contributed by atoms with Gasteiger partial charge in [0.2, 0.25) is 11.8 Å². The number of nitrogens with one attached hydrogen (secondary N) is 2. The number of nitrogens with zero attached hydrogens (tertiary/aromatic N) is 1. The lowest BCUT2D eigenvalue weighted by atomic mass is 9.94. The number of hydrogen-bond acceptors (Lipinski definition) is 6. The van der Waals surface area contributed by atoms with Crippen molar-refractivity contribution < 1.29 is 28.6 Å². The van der Waals surface area contributed by atoms with Crippen molar-refractivity contribution >= 4 is 23.4 Å². The average molecular weight is 448 g/mol. The predicted octanol–water partition coefficient (Wildman–Crippen LogP) is 1.96. The third-order valence-electron chi connectivity index (χ3n) is 5.81. The molecule has 0 unspecified atom stereocenters. The highest BCUT2D eigenvalue weighted by Gasteiger charge is 2.39. The van der Waals surface area contributed by atoms with Crippen molar-refractivity contribution in [3.63, 3.8) is 0 Å². The first-order valence-electron chi connectivity index (χ1n) is 11.2. The van der Waals surface area contributed by atoms with Crippen molar-refractivity contribution in [3.05, 3.63) is 23.8 Å². The number of carbonyl (C=O) groups is 3. The Morgan fingerprint density at radius 3 is 2.81 bits per heavy atom. The number of benzene rings is 1. The third-order valence-corrected chi connectivity index (χ3v) is 5.81. The van der Waals surface area contributed by atoms with Gasteiger partial charge in [-0.05, 0) is 37.5 Å². The number of rotatable bonds is 8. The van der Waals surface area contributed by atoms with Crippen LogP contribution in [0.15, 0.2) is 18.2 Å². The number of likely N-dealkylation sites (N-methyl/N-ethyl adjacent to an activating group) is 1. The van der Waals surface area contributed by atoms with Crippen LogP contribution in [-0.4, -0.2) is 74.8 Å². The summed E-state index contributed by atoms with van der Waals surface area (Å²) >= 11 is 0. The molecule has 2 aliphatic heterocycles. The SMILES string of the molecule is CCCC(=O)Nc1ccc2c(c1)C(=O)N(C)[C@H]1CC[C@H](CC(=O)NCCOC)O[C@H]1CO2. The van der Waals surface area contributed by atoms with Crippen LogP contribution >= 0.6 is 0 Å². The van der Waals surface area contributed by atoms with E-state index < -0.39 is 0 Å². The fraction of sp³-hybridized carbons (Fsp3) is 0.609. The Morgan fingerprint density at radius 1 is 1.25 bits per heavy atom. The van der Waals surface area contributed by atoms with Crippen molar-refractivity contribution in [2.75, 3.05) is 39.2 Å². The second-order valence-corrected chi connectivity index (χ2v) is 8.22. The van der Waals surface area contributed by atoms with Crippen molar-refractivity contribution in [1.29, 1.82) is 0 Å². The molecule has 3 rings (SSSR count). The number of methoxy groups -OCH3 is 1. The van der Waals surface area contributed by atoms with Gasteiger partial charge in [-0.25, -0.2) is 0 Å². The van der Waals surface area contributed by atoms with Crippen molar-refractivity contribution in [2.24, 2.45) is 0 Å². The van der Waals surface area contributed by atoms with Crippen LogP contribution in [0.25, 0.3) is 0 Å². The summed E-state index contributed by atoms with van der Waals surface area (Å²) in [5, 5.41) is 5.64. The lowest BCUT2D eigenvalue weighted by Gasteiger charge is -2.42. The zero-order chi connectivity index (χ0) is 23.1. The van der Waals surface area contributed by atoms with Crippen molar-refractivity contribution in [3.8, 4) is 5.75 Å². The van der Waals surface area contributed by atoms with Gasteiger partial charge in [0, 0.05) is 32.8 Å². The maximum atomic E-state index is 13.2. The number of ether oxygens (including phenoxy) is 3. The second kappa shape index (κ2) is 11.3. The molecule has 0 aliphatic carbocycles. The van der Waals surface area contributed by atoms with Crippen LogP contribution in [0.4, 0.5) is 5.69 Å². The highest BCUT2D eigenvalue weighted by molar-refractivity contribution is 5.99. The van der Waals surface area contributed by atoms with E-state index in [2.05, 4.69) is 10.6 Å². The molecule has 0 aromatic heterocycles. The largest absolute Gasteiger partial charge is 0.490 e. The van der Waals surface area contributed by atoms with Crippen LogP contribution in [0.3, 0.4) is 0 Å². The fourth-order valence-electron chi connectivity index (χ4n) is 4.13. The molecule has 0 radical (unpaired) electrons. The van der Waals surface area contributed by atoms with Gasteiger partial charge < -0.3 is 29.7 Å². The van der Waals surface area contributed by atoms with Crippen LogP contribution in [0.2, 0.25) is 0 Å². The van der Waals surface area contributed by atoms with E-state index in [1.165, 1.54) is 0 Å². The van der Waals surface area contributed by atoms with Gasteiger partial charge in [0.15, 0.2) is 0 Å². The Morgan fingerprint density at radius 2 is 2.06 bits per heavy atom. The molecule has 1 saturated heterocycles. The molecule has 1 fully saturated rings. The predicted molar refractivity (Wildman–Crippen MR) is 119 cm³/mol. The van der Waals surface area contributed by atoms with Gasteiger partial charge in [-0.3, -0.25) is 14.4 Å². The molecule has 9 heteroatoms. The van der Waals surface area contributed by atoms with Crippen LogP contribution in [0.1, 0.15) is 49.4 Å². The minimum Gasteiger partial charge on any atom is -0.490 e. The molecule has 0 saturated carbocycles. The van der Waals surface area contributed by atoms with Crippen LogP contribution in [-0.2, 0) is 19.1 Å². The summed E-state index contributed by atoms with van der Waals surface area (Å²) in [6, 6.07) is 4.95. The molecule has 1 aromatic carbocycles. The van der Waals surface area contributed by atoms with Gasteiger partial charge in [-0.1, -0.05) is 6.92 Å². The molecule has 0 spiro atoms. The Kier molecular flexibility index (Phi) is 8.46. The van der Waals surface area contributed by atoms with Crippen molar-refractivity contribution in [2.45, 2.75) is 57.3 Å². The zero-order valence-electron chi connectivity index (χ0n) is 19.0. The molecule has 2 aliphatic rings. The van der Waals surface area contributed by atoms with E-state index in [-0.39, 0.29) is 49.0 Å². The normalized spacial score (nSPS) is 22.7. The average Bonchev–Trinajstić information content (AvgIpc) is 2.77. The standard InChI is InChI=1S/C23H33N3O6/c1-4-5-21(27)25-15-6-9-19-17(12-15)23(29)26(2)18-8-7-16(32-20(18)14-31-19)13-22(28)24-10-11-30-3/h6,9,12,16,18,20H,4-5,7-8,10-11,13-14H2,1-3H3,(H,24,28)(H,25,27)/t16-,18+,20+/m1/s1. The first kappa shape index (κ1) is 24.0. The summed E-state index contributed by atoms with van der Waals surface area (Å²) in [5.41, 5.74) is 0.990. The van der Waals surface area contributed by atoms with E-state index in [1.807, 2.05) is 6.92 Å². The quantitative estimate of drug-likeness (QED) is 0.590. The van der Waals surface area contributed by atoms with E-state index in [0.29, 0.717) is 49.4 Å². The van der Waals surface area contributed by atoms with E-state index in [4.69, 9.17) is 14.2 Å². The highest BCUT2D eigenvalue weighted by Crippen LogP contribution is 2.32. The number of carbonyl (C=O) groups excluding carboxylic acids is 3. The van der Waals surface area contributed by atoms with Gasteiger partial charge in [0.05, 0.1) is 30.7 Å². The molecule has 32 heavy (non-hydrogen) atoms. The second-order valence-electron chi connectivity index (χ2n) is 8.22. The number of anilines is 1. The molecule has 0 bridgehead atoms. The summed E-state index contributed by atoms with van der Waals surface area (Å²) in [6.45, 7) is 3.14. The molecule has 2 N–H and O–H groups in total. The maximum absolute atomic E-state index is 13.2. The summed E-state index contributed by atoms with van der Waals surface area (Å²) < 4.78 is 17.1. The van der Waals surface area contributed by atoms with Crippen LogP contribution in [0.5, 0.6) is 5.75 Å². The van der Waals surface area contributed by atoms with Gasteiger partial charge >= 0.3 is 0 Å².